The van der Waals surface area contributed by atoms with E-state index in [9.17, 15) is 0 Å². The third-order valence-electron chi connectivity index (χ3n) is 7.77. The summed E-state index contributed by atoms with van der Waals surface area (Å²) >= 11 is 0. The van der Waals surface area contributed by atoms with Gasteiger partial charge in [-0.1, -0.05) is 64.8 Å². The van der Waals surface area contributed by atoms with Crippen LogP contribution >= 0.6 is 0 Å². The van der Waals surface area contributed by atoms with Crippen LogP contribution in [0.5, 0.6) is 0 Å². The molecule has 1 heterocycles. The quantitative estimate of drug-likeness (QED) is 0.399. The van der Waals surface area contributed by atoms with E-state index in [1.807, 2.05) is 0 Å². The second-order valence-electron chi connectivity index (χ2n) is 10.9. The topological polar surface area (TPSA) is 34.5 Å². The summed E-state index contributed by atoms with van der Waals surface area (Å²) in [5.74, 6) is 2.35. The second kappa shape index (κ2) is 10.5. The van der Waals surface area contributed by atoms with Crippen LogP contribution in [0.15, 0.2) is 41.4 Å². The second-order valence-corrected chi connectivity index (χ2v) is 10.9. The summed E-state index contributed by atoms with van der Waals surface area (Å²) in [5, 5.41) is 0. The Balaban J connectivity index is 1.59. The van der Waals surface area contributed by atoms with Crippen LogP contribution < -0.4 is 0 Å². The largest absolute Gasteiger partial charge is 0.368 e. The highest BCUT2D eigenvalue weighted by Gasteiger charge is 2.38. The van der Waals surface area contributed by atoms with E-state index in [2.05, 4.69) is 77.9 Å². The molecule has 1 atom stereocenters. The van der Waals surface area contributed by atoms with Crippen LogP contribution in [-0.4, -0.2) is 16.8 Å². The van der Waals surface area contributed by atoms with Gasteiger partial charge < -0.3 is 4.74 Å². The maximum absolute atomic E-state index is 6.70. The number of benzene rings is 1. The summed E-state index contributed by atoms with van der Waals surface area (Å²) < 4.78 is 6.70. The molecule has 1 unspecified atom stereocenters. The molecule has 2 fully saturated rings. The Labute approximate surface area is 201 Å². The number of fused-ring (bicyclic) bond motifs is 2. The minimum absolute atomic E-state index is 0.0122. The molecular formula is C30H42N2O. The molecule has 0 radical (unpaired) electrons. The Hall–Kier alpha value is -2.00. The van der Waals surface area contributed by atoms with Gasteiger partial charge in [-0.25, -0.2) is 4.98 Å². The highest BCUT2D eigenvalue weighted by molar-refractivity contribution is 5.99. The number of ether oxygens (including phenoxy) is 1. The van der Waals surface area contributed by atoms with Crippen LogP contribution in [0.25, 0.3) is 0 Å². The zero-order valence-electron chi connectivity index (χ0n) is 21.5. The van der Waals surface area contributed by atoms with Crippen LogP contribution in [0.2, 0.25) is 0 Å². The normalized spacial score (nSPS) is 24.4. The summed E-state index contributed by atoms with van der Waals surface area (Å²) in [5.41, 5.74) is 6.65. The number of aliphatic imine (C=N–C) groups is 1. The third-order valence-corrected chi connectivity index (χ3v) is 7.77. The standard InChI is InChI=1S/C30H42N2O/c1-19(2)25-15-9-16-26(20(3)4)29(25)31-21(5)27-17-10-18-28(32-27)22(6)33-30-23-11-7-12-24(30)14-8-13-23/h9-10,15-20,22-24,30H,7-8,11-14H2,1-6H3. The molecule has 0 N–H and O–H groups in total. The predicted molar refractivity (Wildman–Crippen MR) is 139 cm³/mol. The van der Waals surface area contributed by atoms with Gasteiger partial charge in [-0.15, -0.1) is 0 Å². The highest BCUT2D eigenvalue weighted by Crippen LogP contribution is 2.43. The first-order valence-corrected chi connectivity index (χ1v) is 13.2. The van der Waals surface area contributed by atoms with Gasteiger partial charge in [0.2, 0.25) is 0 Å². The van der Waals surface area contributed by atoms with Crippen molar-refractivity contribution in [3.05, 3.63) is 58.9 Å². The van der Waals surface area contributed by atoms with Crippen LogP contribution in [0.1, 0.15) is 121 Å². The lowest BCUT2D eigenvalue weighted by atomic mass is 9.70. The molecule has 3 nitrogen and oxygen atoms in total. The summed E-state index contributed by atoms with van der Waals surface area (Å²) in [4.78, 5) is 10.2. The number of aromatic nitrogens is 1. The minimum atomic E-state index is 0.0122. The van der Waals surface area contributed by atoms with Crippen LogP contribution in [0.4, 0.5) is 5.69 Å². The predicted octanol–water partition coefficient (Wildman–Crippen LogP) is 8.52. The van der Waals surface area contributed by atoms with Crippen molar-refractivity contribution >= 4 is 11.4 Å². The van der Waals surface area contributed by atoms with E-state index in [1.165, 1.54) is 49.7 Å². The lowest BCUT2D eigenvalue weighted by Crippen LogP contribution is -2.39. The molecule has 2 aliphatic rings. The number of rotatable bonds is 7. The van der Waals surface area contributed by atoms with Crippen molar-refractivity contribution < 1.29 is 4.74 Å². The number of hydrogen-bond acceptors (Lipinski definition) is 3. The average Bonchev–Trinajstić information content (AvgIpc) is 2.78. The van der Waals surface area contributed by atoms with Gasteiger partial charge in [0.15, 0.2) is 0 Å². The van der Waals surface area contributed by atoms with Gasteiger partial charge in [-0.2, -0.15) is 0 Å². The molecule has 0 amide bonds. The smallest absolute Gasteiger partial charge is 0.0970 e. The molecule has 2 aromatic rings. The SMILES string of the molecule is CC(=Nc1c(C(C)C)cccc1C(C)C)c1cccc(C(C)OC2C3CCCC2CCC3)n1. The maximum atomic E-state index is 6.70. The van der Waals surface area contributed by atoms with E-state index in [4.69, 9.17) is 14.7 Å². The Morgan fingerprint density at radius 2 is 1.39 bits per heavy atom. The van der Waals surface area contributed by atoms with Gasteiger partial charge in [-0.3, -0.25) is 4.99 Å². The van der Waals surface area contributed by atoms with Gasteiger partial charge in [0, 0.05) is 0 Å². The third kappa shape index (κ3) is 5.40. The fourth-order valence-corrected chi connectivity index (χ4v) is 5.89. The highest BCUT2D eigenvalue weighted by atomic mass is 16.5. The van der Waals surface area contributed by atoms with Crippen LogP contribution in [0, 0.1) is 11.8 Å². The fourth-order valence-electron chi connectivity index (χ4n) is 5.89. The Bertz CT molecular complexity index is 929. The van der Waals surface area contributed by atoms with E-state index >= 15 is 0 Å². The van der Waals surface area contributed by atoms with Crippen molar-refractivity contribution in [3.63, 3.8) is 0 Å². The Kier molecular flexibility index (Phi) is 7.69. The zero-order chi connectivity index (χ0) is 23.5. The van der Waals surface area contributed by atoms with E-state index in [-0.39, 0.29) is 6.10 Å². The number of para-hydroxylation sites is 1. The summed E-state index contributed by atoms with van der Waals surface area (Å²) in [6.07, 6.45) is 8.52. The number of pyridine rings is 1. The van der Waals surface area contributed by atoms with Crippen molar-refractivity contribution in [2.75, 3.05) is 0 Å². The van der Waals surface area contributed by atoms with Crippen molar-refractivity contribution in [1.82, 2.24) is 4.98 Å². The van der Waals surface area contributed by atoms with Gasteiger partial charge in [-0.05, 0) is 86.5 Å². The lowest BCUT2D eigenvalue weighted by Gasteiger charge is -2.43. The molecule has 2 aliphatic carbocycles. The molecular weight excluding hydrogens is 404 g/mol. The molecule has 1 aromatic heterocycles. The van der Waals surface area contributed by atoms with Gasteiger partial charge >= 0.3 is 0 Å². The molecule has 0 saturated heterocycles. The average molecular weight is 447 g/mol. The first kappa shape index (κ1) is 24.1. The summed E-state index contributed by atoms with van der Waals surface area (Å²) in [6.45, 7) is 13.2. The monoisotopic (exact) mass is 446 g/mol. The molecule has 2 bridgehead atoms. The van der Waals surface area contributed by atoms with Crippen molar-refractivity contribution in [1.29, 1.82) is 0 Å². The van der Waals surface area contributed by atoms with Gasteiger partial charge in [0.05, 0.1) is 35.0 Å². The maximum Gasteiger partial charge on any atom is 0.0970 e. The molecule has 33 heavy (non-hydrogen) atoms. The molecule has 178 valence electrons. The molecule has 1 aromatic carbocycles. The van der Waals surface area contributed by atoms with Gasteiger partial charge in [0.25, 0.3) is 0 Å². The van der Waals surface area contributed by atoms with E-state index < -0.39 is 0 Å². The van der Waals surface area contributed by atoms with Gasteiger partial charge in [0.1, 0.15) is 0 Å². The number of hydrogen-bond donors (Lipinski definition) is 0. The molecule has 3 heteroatoms. The summed E-state index contributed by atoms with van der Waals surface area (Å²) in [7, 11) is 0. The Morgan fingerprint density at radius 1 is 0.848 bits per heavy atom. The summed E-state index contributed by atoms with van der Waals surface area (Å²) in [6, 6.07) is 12.9. The Morgan fingerprint density at radius 3 is 1.94 bits per heavy atom. The first-order chi connectivity index (χ1) is 15.8. The zero-order valence-corrected chi connectivity index (χ0v) is 21.5. The van der Waals surface area contributed by atoms with E-state index in [0.717, 1.165) is 34.6 Å². The minimum Gasteiger partial charge on any atom is -0.368 e. The molecule has 2 saturated carbocycles. The number of nitrogens with zero attached hydrogens (tertiary/aromatic N) is 2. The van der Waals surface area contributed by atoms with E-state index in [0.29, 0.717) is 17.9 Å². The fraction of sp³-hybridized carbons (Fsp3) is 0.600. The van der Waals surface area contributed by atoms with Crippen molar-refractivity contribution in [3.8, 4) is 0 Å². The molecule has 4 rings (SSSR count). The van der Waals surface area contributed by atoms with E-state index in [1.54, 1.807) is 0 Å². The van der Waals surface area contributed by atoms with Crippen molar-refractivity contribution in [2.45, 2.75) is 104 Å². The first-order valence-electron chi connectivity index (χ1n) is 13.2. The molecule has 0 spiro atoms. The van der Waals surface area contributed by atoms with Crippen LogP contribution in [0.3, 0.4) is 0 Å². The van der Waals surface area contributed by atoms with Crippen LogP contribution in [-0.2, 0) is 4.74 Å². The molecule has 0 aliphatic heterocycles. The lowest BCUT2D eigenvalue weighted by molar-refractivity contribution is -0.104. The van der Waals surface area contributed by atoms with Crippen molar-refractivity contribution in [2.24, 2.45) is 16.8 Å².